The van der Waals surface area contributed by atoms with Crippen molar-refractivity contribution in [2.45, 2.75) is 82.3 Å². The van der Waals surface area contributed by atoms with Crippen molar-refractivity contribution in [1.82, 2.24) is 15.3 Å². The number of nitrogens with zero attached hydrogens (tertiary/aromatic N) is 2. The zero-order valence-corrected chi connectivity index (χ0v) is 26.7. The van der Waals surface area contributed by atoms with Crippen LogP contribution in [0, 0.1) is 10.8 Å². The molecule has 1 saturated carbocycles. The minimum atomic E-state index is -1.40. The number of benzene rings is 1. The van der Waals surface area contributed by atoms with E-state index in [-0.39, 0.29) is 51.3 Å². The minimum absolute atomic E-state index is 0.0374. The molecule has 5 saturated heterocycles. The van der Waals surface area contributed by atoms with Gasteiger partial charge in [0.15, 0.2) is 6.04 Å². The fraction of sp³-hybridized carbons (Fsp3) is 0.606. The maximum absolute atomic E-state index is 14.7. The van der Waals surface area contributed by atoms with Gasteiger partial charge in [0.1, 0.15) is 49.3 Å². The van der Waals surface area contributed by atoms with Crippen LogP contribution in [0.15, 0.2) is 30.3 Å². The van der Waals surface area contributed by atoms with Gasteiger partial charge in [-0.2, -0.15) is 5.06 Å². The topological polar surface area (TPSA) is 179 Å². The van der Waals surface area contributed by atoms with Crippen LogP contribution >= 0.6 is 0 Å². The van der Waals surface area contributed by atoms with E-state index in [1.807, 2.05) is 6.07 Å². The standard InChI is InChI=1S/C33H39N3O12/c1-32(2)16-43-30(41)27(32)47-22(38)9-8-18-5-3-6-19(13-18)15-36-25-29(40)46-21-14-33(25,26(48-36)24-23(21)44-17-45-24)31(42)35-11-4-7-20(35)28(39)34-10-12-37/h3,5-6,8-9,13,20-21,23-27,37H,4,7,10-12,14-17H2,1-2H3,(H,34,39). The van der Waals surface area contributed by atoms with E-state index in [1.165, 1.54) is 16.0 Å². The number of rotatable bonds is 9. The molecule has 1 aliphatic carbocycles. The summed E-state index contributed by atoms with van der Waals surface area (Å²) in [5.41, 5.74) is -0.674. The second-order valence-corrected chi connectivity index (χ2v) is 13.8. The zero-order chi connectivity index (χ0) is 33.8. The largest absolute Gasteiger partial charge is 0.462 e. The van der Waals surface area contributed by atoms with Gasteiger partial charge in [0.2, 0.25) is 17.9 Å². The second-order valence-electron chi connectivity index (χ2n) is 13.8. The molecule has 6 fully saturated rings. The van der Waals surface area contributed by atoms with Crippen LogP contribution in [0.1, 0.15) is 44.2 Å². The molecule has 1 aromatic rings. The highest BCUT2D eigenvalue weighted by atomic mass is 16.8. The van der Waals surface area contributed by atoms with Gasteiger partial charge in [-0.25, -0.2) is 9.59 Å². The number of esters is 3. The predicted octanol–water partition coefficient (Wildman–Crippen LogP) is -0.164. The van der Waals surface area contributed by atoms with Crippen molar-refractivity contribution < 1.29 is 57.6 Å². The second kappa shape index (κ2) is 12.5. The molecule has 2 amide bonds. The van der Waals surface area contributed by atoms with E-state index in [4.69, 9.17) is 28.5 Å². The van der Waals surface area contributed by atoms with Gasteiger partial charge in [-0.15, -0.1) is 0 Å². The Kier molecular flexibility index (Phi) is 8.52. The molecule has 48 heavy (non-hydrogen) atoms. The first-order valence-corrected chi connectivity index (χ1v) is 16.2. The molecular formula is C33H39N3O12. The molecule has 8 unspecified atom stereocenters. The monoisotopic (exact) mass is 669 g/mol. The molecule has 0 radical (unpaired) electrons. The van der Waals surface area contributed by atoms with E-state index in [0.717, 1.165) is 0 Å². The summed E-state index contributed by atoms with van der Waals surface area (Å²) in [4.78, 5) is 74.1. The lowest BCUT2D eigenvalue weighted by molar-refractivity contribution is -0.204. The number of likely N-dealkylation sites (tertiary alicyclic amines) is 1. The lowest BCUT2D eigenvalue weighted by atomic mass is 9.62. The van der Waals surface area contributed by atoms with Crippen molar-refractivity contribution >= 4 is 35.8 Å². The third-order valence-corrected chi connectivity index (χ3v) is 10.1. The lowest BCUT2D eigenvalue weighted by Crippen LogP contribution is -2.70. The first-order chi connectivity index (χ1) is 23.0. The highest BCUT2D eigenvalue weighted by Gasteiger charge is 2.75. The first kappa shape index (κ1) is 32.6. The molecular weight excluding hydrogens is 630 g/mol. The summed E-state index contributed by atoms with van der Waals surface area (Å²) in [6.07, 6.45) is 0.105. The van der Waals surface area contributed by atoms with E-state index < -0.39 is 71.3 Å². The molecule has 5 heterocycles. The van der Waals surface area contributed by atoms with Gasteiger partial charge in [-0.3, -0.25) is 19.2 Å². The summed E-state index contributed by atoms with van der Waals surface area (Å²) in [5, 5.41) is 13.3. The number of cyclic esters (lactones) is 1. The van der Waals surface area contributed by atoms with Crippen LogP contribution in [0.25, 0.3) is 6.08 Å². The van der Waals surface area contributed by atoms with Crippen LogP contribution in [-0.2, 0) is 59.0 Å². The number of hydroxylamine groups is 2. The molecule has 1 aromatic carbocycles. The van der Waals surface area contributed by atoms with Crippen LogP contribution in [0.3, 0.4) is 0 Å². The highest BCUT2D eigenvalue weighted by molar-refractivity contribution is 5.96. The van der Waals surface area contributed by atoms with Gasteiger partial charge in [0, 0.05) is 31.0 Å². The van der Waals surface area contributed by atoms with Crippen LogP contribution in [-0.4, -0.2) is 120 Å². The number of hydrogen-bond acceptors (Lipinski definition) is 13. The molecule has 2 bridgehead atoms. The Morgan fingerprint density at radius 2 is 1.96 bits per heavy atom. The average molecular weight is 670 g/mol. The molecule has 258 valence electrons. The van der Waals surface area contributed by atoms with Gasteiger partial charge in [-0.1, -0.05) is 38.1 Å². The number of aliphatic hydroxyl groups is 1. The summed E-state index contributed by atoms with van der Waals surface area (Å²) in [7, 11) is 0. The van der Waals surface area contributed by atoms with Crippen molar-refractivity contribution in [3.8, 4) is 0 Å². The summed E-state index contributed by atoms with van der Waals surface area (Å²) < 4.78 is 28.0. The molecule has 15 heteroatoms. The van der Waals surface area contributed by atoms with Crippen molar-refractivity contribution in [2.24, 2.45) is 10.8 Å². The van der Waals surface area contributed by atoms with Gasteiger partial charge < -0.3 is 39.0 Å². The summed E-state index contributed by atoms with van der Waals surface area (Å²) in [5.74, 6) is -2.63. The Bertz CT molecular complexity index is 1530. The normalized spacial score (nSPS) is 35.0. The van der Waals surface area contributed by atoms with Crippen molar-refractivity contribution in [2.75, 3.05) is 33.1 Å². The fourth-order valence-corrected chi connectivity index (χ4v) is 7.89. The number of fused-ring (bicyclic) bond motifs is 4. The van der Waals surface area contributed by atoms with Gasteiger partial charge in [0.05, 0.1) is 13.2 Å². The third kappa shape index (κ3) is 5.47. The van der Waals surface area contributed by atoms with E-state index in [9.17, 15) is 29.1 Å². The van der Waals surface area contributed by atoms with Gasteiger partial charge in [0.25, 0.3) is 0 Å². The quantitative estimate of drug-likeness (QED) is 0.201. The summed E-state index contributed by atoms with van der Waals surface area (Å²) in [6.45, 7) is 3.95. The Balaban J connectivity index is 1.13. The van der Waals surface area contributed by atoms with Crippen LogP contribution in [0.4, 0.5) is 0 Å². The van der Waals surface area contributed by atoms with Gasteiger partial charge in [-0.05, 0) is 30.0 Å². The summed E-state index contributed by atoms with van der Waals surface area (Å²) in [6, 6.07) is 5.31. The third-order valence-electron chi connectivity index (χ3n) is 10.1. The van der Waals surface area contributed by atoms with Crippen molar-refractivity contribution in [3.05, 3.63) is 41.5 Å². The number of aliphatic hydroxyl groups excluding tert-OH is 1. The fourth-order valence-electron chi connectivity index (χ4n) is 7.89. The SMILES string of the molecule is CC1(C)COC(=O)C1OC(=O)C=Cc1cccc(CN2OC3C4OCOC4C4CC3(C(=O)N3CCCC3C(=O)NCCO)C2C(=O)O4)c1. The molecule has 0 aromatic heterocycles. The number of amides is 2. The molecule has 8 atom stereocenters. The van der Waals surface area contributed by atoms with E-state index in [1.54, 1.807) is 38.1 Å². The molecule has 6 aliphatic rings. The van der Waals surface area contributed by atoms with Crippen molar-refractivity contribution in [3.63, 3.8) is 0 Å². The molecule has 5 aliphatic heterocycles. The molecule has 0 spiro atoms. The first-order valence-electron chi connectivity index (χ1n) is 16.2. The lowest BCUT2D eigenvalue weighted by Gasteiger charge is -2.50. The molecule has 2 N–H and O–H groups in total. The van der Waals surface area contributed by atoms with E-state index in [0.29, 0.717) is 30.5 Å². The number of carbonyl (C=O) groups excluding carboxylic acids is 5. The van der Waals surface area contributed by atoms with Gasteiger partial charge >= 0.3 is 17.9 Å². The summed E-state index contributed by atoms with van der Waals surface area (Å²) >= 11 is 0. The van der Waals surface area contributed by atoms with E-state index >= 15 is 0 Å². The highest BCUT2D eigenvalue weighted by Crippen LogP contribution is 2.56. The maximum atomic E-state index is 14.7. The minimum Gasteiger partial charge on any atom is -0.462 e. The van der Waals surface area contributed by atoms with Crippen molar-refractivity contribution in [1.29, 1.82) is 0 Å². The Hall–Kier alpha value is -3.89. The number of hydrogen-bond donors (Lipinski definition) is 2. The Labute approximate surface area is 276 Å². The predicted molar refractivity (Wildman–Crippen MR) is 161 cm³/mol. The molecule has 7 rings (SSSR count). The molecule has 15 nitrogen and oxygen atoms in total. The number of carbonyl (C=O) groups is 5. The number of nitrogens with one attached hydrogen (secondary N) is 1. The Morgan fingerprint density at radius 3 is 2.73 bits per heavy atom. The van der Waals surface area contributed by atoms with Crippen LogP contribution in [0.2, 0.25) is 0 Å². The van der Waals surface area contributed by atoms with E-state index in [2.05, 4.69) is 5.32 Å². The Morgan fingerprint density at radius 1 is 1.15 bits per heavy atom. The van der Waals surface area contributed by atoms with Crippen LogP contribution in [0.5, 0.6) is 0 Å². The number of ether oxygens (including phenoxy) is 5. The zero-order valence-electron chi connectivity index (χ0n) is 26.7. The average Bonchev–Trinajstić information content (AvgIpc) is 3.86. The smallest absolute Gasteiger partial charge is 0.348 e. The van der Waals surface area contributed by atoms with Crippen LogP contribution < -0.4 is 5.32 Å². The maximum Gasteiger partial charge on any atom is 0.348 e.